The Labute approximate surface area is 216 Å². The molecule has 8 nitrogen and oxygen atoms in total. The van der Waals surface area contributed by atoms with Gasteiger partial charge in [0.2, 0.25) is 11.8 Å². The molecule has 2 aromatic carbocycles. The number of imide groups is 1. The Morgan fingerprint density at radius 3 is 2.64 bits per heavy atom. The molecule has 5 rings (SSSR count). The van der Waals surface area contributed by atoms with Crippen LogP contribution in [0.5, 0.6) is 5.75 Å². The van der Waals surface area contributed by atoms with E-state index in [0.29, 0.717) is 30.1 Å². The van der Waals surface area contributed by atoms with Crippen LogP contribution >= 0.6 is 0 Å². The first-order valence-electron chi connectivity index (χ1n) is 14.2. The van der Waals surface area contributed by atoms with Gasteiger partial charge in [-0.2, -0.15) is 0 Å². The van der Waals surface area contributed by atoms with E-state index in [0.717, 1.165) is 0 Å². The number of carbonyl (C=O) groups excluding carboxylic acids is 3. The maximum Gasteiger partial charge on any atom is 0.255 e. The van der Waals surface area contributed by atoms with Crippen molar-refractivity contribution in [3.05, 3.63) is 64.5 Å². The van der Waals surface area contributed by atoms with Gasteiger partial charge in [-0.1, -0.05) is 24.3 Å². The lowest BCUT2D eigenvalue weighted by Gasteiger charge is -2.35. The van der Waals surface area contributed by atoms with E-state index in [1.807, 2.05) is 13.8 Å². The summed E-state index contributed by atoms with van der Waals surface area (Å²) in [6.07, 6.45) is -6.57. The summed E-state index contributed by atoms with van der Waals surface area (Å²) in [4.78, 5) is 40.8. The van der Waals surface area contributed by atoms with Gasteiger partial charge in [0, 0.05) is 53.7 Å². The van der Waals surface area contributed by atoms with Crippen molar-refractivity contribution in [2.75, 3.05) is 13.1 Å². The van der Waals surface area contributed by atoms with E-state index in [-0.39, 0.29) is 41.3 Å². The highest BCUT2D eigenvalue weighted by Crippen LogP contribution is 2.34. The Kier molecular flexibility index (Phi) is 5.24. The fraction of sp³-hybridized carbons (Fsp3) is 0.444. The molecule has 36 heavy (non-hydrogen) atoms. The molecule has 3 atom stereocenters. The molecule has 3 amide bonds. The maximum absolute atomic E-state index is 15.5. The van der Waals surface area contributed by atoms with Crippen LogP contribution in [-0.4, -0.2) is 58.8 Å². The first kappa shape index (κ1) is 18.9. The third-order valence-electron chi connectivity index (χ3n) is 6.36. The number of hydrogen-bond donors (Lipinski definition) is 1. The number of rotatable bonds is 6. The first-order valence-corrected chi connectivity index (χ1v) is 11.7. The fourth-order valence-corrected chi connectivity index (χ4v) is 4.85. The molecule has 9 heteroatoms. The van der Waals surface area contributed by atoms with Crippen molar-refractivity contribution in [3.8, 4) is 5.75 Å². The lowest BCUT2D eigenvalue weighted by molar-refractivity contribution is -0.136. The molecule has 3 aliphatic rings. The molecule has 3 heterocycles. The third-order valence-corrected chi connectivity index (χ3v) is 6.36. The summed E-state index contributed by atoms with van der Waals surface area (Å²) in [6, 6.07) is 6.38. The van der Waals surface area contributed by atoms with E-state index in [4.69, 9.17) is 16.3 Å². The number of carbonyl (C=O) groups is 3. The minimum atomic E-state index is -3.38. The standard InChI is InChI=1S/C27H30FN3O5/c1-16-11-30(12-17(2)36-16)13-18-5-3-6-19(25(18)28)15-35-23-8-4-7-20-21(23)14-31(27(20)34)22-9-10-24(32)29-26(22)33/h3-8,16-17,22H,9-15H2,1-2H3,(H,29,32,33)/i9D2,10D2,22D. The predicted octanol–water partition coefficient (Wildman–Crippen LogP) is 2.77. The van der Waals surface area contributed by atoms with Crippen molar-refractivity contribution in [1.29, 1.82) is 0 Å². The third kappa shape index (κ3) is 4.85. The zero-order chi connectivity index (χ0) is 29.9. The molecule has 190 valence electrons. The normalized spacial score (nSPS) is 31.5. The van der Waals surface area contributed by atoms with Crippen LogP contribution in [0.15, 0.2) is 36.4 Å². The Balaban J connectivity index is 1.37. The lowest BCUT2D eigenvalue weighted by atomic mass is 10.0. The summed E-state index contributed by atoms with van der Waals surface area (Å²) in [6.45, 7) is 5.04. The number of benzene rings is 2. The van der Waals surface area contributed by atoms with Crippen molar-refractivity contribution in [1.82, 2.24) is 15.1 Å². The van der Waals surface area contributed by atoms with Crippen LogP contribution in [0.1, 0.15) is 60.5 Å². The number of nitrogens with one attached hydrogen (secondary N) is 1. The van der Waals surface area contributed by atoms with Gasteiger partial charge in [0.25, 0.3) is 5.91 Å². The molecule has 2 fully saturated rings. The molecule has 0 bridgehead atoms. The van der Waals surface area contributed by atoms with Gasteiger partial charge in [0.15, 0.2) is 0 Å². The van der Waals surface area contributed by atoms with Crippen molar-refractivity contribution in [2.45, 2.75) is 64.5 Å². The second-order valence-corrected chi connectivity index (χ2v) is 9.19. The molecule has 0 spiro atoms. The van der Waals surface area contributed by atoms with Gasteiger partial charge in [-0.3, -0.25) is 24.6 Å². The van der Waals surface area contributed by atoms with Gasteiger partial charge in [-0.15, -0.1) is 0 Å². The van der Waals surface area contributed by atoms with Crippen molar-refractivity contribution in [3.63, 3.8) is 0 Å². The summed E-state index contributed by atoms with van der Waals surface area (Å²) in [7, 11) is 0. The van der Waals surface area contributed by atoms with Crippen LogP contribution in [-0.2, 0) is 34.0 Å². The molecular formula is C27H30FN3O5. The van der Waals surface area contributed by atoms with Gasteiger partial charge in [0.05, 0.1) is 20.1 Å². The number of nitrogens with zero attached hydrogens (tertiary/aromatic N) is 2. The number of morpholine rings is 1. The van der Waals surface area contributed by atoms with Gasteiger partial charge in [-0.05, 0) is 32.4 Å². The number of halogens is 1. The molecule has 3 aliphatic heterocycles. The topological polar surface area (TPSA) is 88.2 Å². The minimum Gasteiger partial charge on any atom is -0.488 e. The Morgan fingerprint density at radius 2 is 1.86 bits per heavy atom. The fourth-order valence-electron chi connectivity index (χ4n) is 4.85. The molecule has 1 N–H and O–H groups in total. The summed E-state index contributed by atoms with van der Waals surface area (Å²) >= 11 is 0. The molecule has 0 radical (unpaired) electrons. The quantitative estimate of drug-likeness (QED) is 0.614. The highest BCUT2D eigenvalue weighted by Gasteiger charge is 2.40. The SMILES string of the molecule is [2H]C1([2H])C(=O)NC(=O)C([2H])(N2Cc3c(OCc4cccc(CN5CC(C)OC(C)C5)c4F)cccc3C2=O)C1([2H])[2H]. The molecule has 0 saturated carbocycles. The van der Waals surface area contributed by atoms with Crippen LogP contribution in [0.25, 0.3) is 0 Å². The Bertz CT molecular complexity index is 1420. The van der Waals surface area contributed by atoms with Crippen molar-refractivity contribution in [2.24, 2.45) is 0 Å². The monoisotopic (exact) mass is 500 g/mol. The number of hydrogen-bond acceptors (Lipinski definition) is 6. The Hall–Kier alpha value is -3.30. The second-order valence-electron chi connectivity index (χ2n) is 9.19. The first-order chi connectivity index (χ1) is 19.2. The summed E-state index contributed by atoms with van der Waals surface area (Å²) < 4.78 is 68.2. The van der Waals surface area contributed by atoms with Gasteiger partial charge < -0.3 is 14.4 Å². The van der Waals surface area contributed by atoms with Gasteiger partial charge >= 0.3 is 0 Å². The smallest absolute Gasteiger partial charge is 0.255 e. The maximum atomic E-state index is 15.5. The van der Waals surface area contributed by atoms with E-state index in [1.165, 1.54) is 18.2 Å². The van der Waals surface area contributed by atoms with E-state index >= 15 is 4.39 Å². The largest absolute Gasteiger partial charge is 0.488 e. The molecule has 3 unspecified atom stereocenters. The molecule has 2 saturated heterocycles. The summed E-state index contributed by atoms with van der Waals surface area (Å²) in [5.41, 5.74) is 1.04. The zero-order valence-electron chi connectivity index (χ0n) is 25.0. The van der Waals surface area contributed by atoms with E-state index in [2.05, 4.69) is 4.90 Å². The average Bonchev–Trinajstić information content (AvgIpc) is 3.24. The van der Waals surface area contributed by atoms with Crippen molar-refractivity contribution < 1.29 is 35.1 Å². The lowest BCUT2D eigenvalue weighted by Crippen LogP contribution is -2.52. The molecular weight excluding hydrogens is 465 g/mol. The summed E-state index contributed by atoms with van der Waals surface area (Å²) in [5, 5.41) is 1.69. The number of piperidine rings is 1. The van der Waals surface area contributed by atoms with E-state index in [9.17, 15) is 14.4 Å². The van der Waals surface area contributed by atoms with Crippen LogP contribution < -0.4 is 10.1 Å². The van der Waals surface area contributed by atoms with Gasteiger partial charge in [0.1, 0.15) is 24.2 Å². The predicted molar refractivity (Wildman–Crippen MR) is 129 cm³/mol. The highest BCUT2D eigenvalue weighted by atomic mass is 19.1. The van der Waals surface area contributed by atoms with Crippen LogP contribution in [0, 0.1) is 5.82 Å². The number of amides is 3. The molecule has 0 aliphatic carbocycles. The number of ether oxygens (including phenoxy) is 2. The highest BCUT2D eigenvalue weighted by molar-refractivity contribution is 6.05. The average molecular weight is 501 g/mol. The van der Waals surface area contributed by atoms with E-state index < -0.39 is 48.8 Å². The van der Waals surface area contributed by atoms with E-state index in [1.54, 1.807) is 23.5 Å². The molecule has 0 aromatic heterocycles. The molecule has 2 aromatic rings. The van der Waals surface area contributed by atoms with Crippen LogP contribution in [0.4, 0.5) is 4.39 Å². The van der Waals surface area contributed by atoms with Crippen LogP contribution in [0.3, 0.4) is 0 Å². The second kappa shape index (κ2) is 9.99. The Morgan fingerprint density at radius 1 is 1.14 bits per heavy atom. The zero-order valence-corrected chi connectivity index (χ0v) is 20.0. The minimum absolute atomic E-state index is 0.0277. The van der Waals surface area contributed by atoms with Crippen molar-refractivity contribution >= 4 is 17.7 Å². The van der Waals surface area contributed by atoms with Crippen LogP contribution in [0.2, 0.25) is 0 Å². The van der Waals surface area contributed by atoms with Gasteiger partial charge in [-0.25, -0.2) is 4.39 Å². The summed E-state index contributed by atoms with van der Waals surface area (Å²) in [5.74, 6) is -4.13. The number of fused-ring (bicyclic) bond motifs is 1.